The van der Waals surface area contributed by atoms with Crippen molar-refractivity contribution in [2.24, 2.45) is 0 Å². The molecule has 148 valence electrons. The molecule has 0 fully saturated rings. The average Bonchev–Trinajstić information content (AvgIpc) is 3.30. The Labute approximate surface area is 201 Å². The molecule has 0 aliphatic carbocycles. The molecule has 1 aromatic carbocycles. The molecule has 28 heavy (non-hydrogen) atoms. The molecule has 7 nitrogen and oxygen atoms in total. The molecule has 0 aliphatic rings. The lowest BCUT2D eigenvalue weighted by Gasteiger charge is -2.29. The maximum atomic E-state index is 12.9. The lowest BCUT2D eigenvalue weighted by Crippen LogP contribution is -2.51. The molecule has 0 radical (unpaired) electrons. The Morgan fingerprint density at radius 2 is 1.96 bits per heavy atom. The maximum Gasteiger partial charge on any atom is 0.336 e. The van der Waals surface area contributed by atoms with Crippen LogP contribution in [0.1, 0.15) is 9.49 Å². The number of carboxylic acid groups (broad SMARTS) is 1. The number of hydrogen-bond donors (Lipinski definition) is 2. The first-order valence-electron chi connectivity index (χ1n) is 7.59. The van der Waals surface area contributed by atoms with Gasteiger partial charge < -0.3 is 5.11 Å². The standard InChI is InChI=1S/C16H12BrI2N3O4S2/c17-11-8-20-22(9-11)12-6-7-13(27-12)28(25,26)21-16(19,15(23)24)14(18)10-4-2-1-3-5-10/h1-9,14,21H,(H,23,24)/t14-,16+/m1/s1. The average molecular weight is 708 g/mol. The van der Waals surface area contributed by atoms with E-state index in [1.165, 1.54) is 10.7 Å². The summed E-state index contributed by atoms with van der Waals surface area (Å²) in [7, 11) is -4.07. The lowest BCUT2D eigenvalue weighted by atomic mass is 10.1. The van der Waals surface area contributed by atoms with Gasteiger partial charge in [-0.15, -0.1) is 11.3 Å². The minimum Gasteiger partial charge on any atom is -0.479 e. The largest absolute Gasteiger partial charge is 0.479 e. The lowest BCUT2D eigenvalue weighted by molar-refractivity contribution is -0.139. The Hall–Kier alpha value is -0.550. The normalized spacial score (nSPS) is 15.1. The minimum absolute atomic E-state index is 0.00748. The number of hydrogen-bond acceptors (Lipinski definition) is 5. The number of carboxylic acids is 1. The number of rotatable bonds is 7. The molecular weight excluding hydrogens is 696 g/mol. The number of carbonyl (C=O) groups is 1. The van der Waals surface area contributed by atoms with Crippen molar-refractivity contribution in [3.05, 3.63) is 64.9 Å². The van der Waals surface area contributed by atoms with Gasteiger partial charge in [-0.2, -0.15) is 9.82 Å². The number of alkyl halides is 2. The Morgan fingerprint density at radius 1 is 1.29 bits per heavy atom. The van der Waals surface area contributed by atoms with Crippen LogP contribution >= 0.6 is 72.4 Å². The van der Waals surface area contributed by atoms with Gasteiger partial charge in [-0.05, 0) is 56.2 Å². The molecule has 3 aromatic rings. The molecule has 0 saturated heterocycles. The topological polar surface area (TPSA) is 101 Å². The Morgan fingerprint density at radius 3 is 2.54 bits per heavy atom. The second-order valence-corrected chi connectivity index (χ2v) is 12.4. The van der Waals surface area contributed by atoms with Gasteiger partial charge in [-0.25, -0.2) is 17.9 Å². The number of aliphatic carboxylic acids is 1. The van der Waals surface area contributed by atoms with Gasteiger partial charge in [0.2, 0.25) is 0 Å². The Balaban J connectivity index is 1.92. The zero-order valence-corrected chi connectivity index (χ0v) is 21.3. The van der Waals surface area contributed by atoms with Gasteiger partial charge in [-0.3, -0.25) is 0 Å². The highest BCUT2D eigenvalue weighted by Crippen LogP contribution is 2.41. The second-order valence-electron chi connectivity index (χ2n) is 5.59. The zero-order chi connectivity index (χ0) is 20.5. The predicted octanol–water partition coefficient (Wildman–Crippen LogP) is 4.37. The highest BCUT2D eigenvalue weighted by molar-refractivity contribution is 14.1. The van der Waals surface area contributed by atoms with Gasteiger partial charge in [0.15, 0.2) is 3.55 Å². The fourth-order valence-corrected chi connectivity index (χ4v) is 7.30. The molecule has 0 aliphatic heterocycles. The maximum absolute atomic E-state index is 12.9. The first-order chi connectivity index (χ1) is 13.1. The predicted molar refractivity (Wildman–Crippen MR) is 127 cm³/mol. The van der Waals surface area contributed by atoms with Crippen molar-refractivity contribution in [2.45, 2.75) is 11.7 Å². The van der Waals surface area contributed by atoms with Crippen LogP contribution in [-0.4, -0.2) is 32.8 Å². The summed E-state index contributed by atoms with van der Waals surface area (Å²) in [5.74, 6) is -1.27. The molecule has 2 atom stereocenters. The van der Waals surface area contributed by atoms with Crippen LogP contribution in [0.4, 0.5) is 0 Å². The van der Waals surface area contributed by atoms with E-state index >= 15 is 0 Å². The molecule has 3 rings (SSSR count). The molecule has 12 heteroatoms. The number of thiophene rings is 1. The van der Waals surface area contributed by atoms with E-state index in [1.807, 2.05) is 28.7 Å². The molecule has 2 N–H and O–H groups in total. The smallest absolute Gasteiger partial charge is 0.336 e. The van der Waals surface area contributed by atoms with E-state index in [0.29, 0.717) is 10.6 Å². The molecule has 0 amide bonds. The van der Waals surface area contributed by atoms with Crippen molar-refractivity contribution in [3.63, 3.8) is 0 Å². The summed E-state index contributed by atoms with van der Waals surface area (Å²) in [4.78, 5) is 12.0. The van der Waals surface area contributed by atoms with E-state index in [9.17, 15) is 18.3 Å². The SMILES string of the molecule is O=C(O)[C@@](I)(NS(=O)(=O)c1ccc(-n2cc(Br)cn2)s1)[C@H](I)c1ccccc1. The second kappa shape index (κ2) is 8.67. The van der Waals surface area contributed by atoms with Crippen LogP contribution in [0.15, 0.2) is 63.5 Å². The van der Waals surface area contributed by atoms with Crippen molar-refractivity contribution in [3.8, 4) is 5.00 Å². The summed E-state index contributed by atoms with van der Waals surface area (Å²) in [6.07, 6.45) is 3.29. The van der Waals surface area contributed by atoms with Gasteiger partial charge in [0.1, 0.15) is 9.21 Å². The Kier molecular flexibility index (Phi) is 6.86. The molecule has 0 bridgehead atoms. The molecular formula is C16H12BrI2N3O4S2. The van der Waals surface area contributed by atoms with Gasteiger partial charge in [0, 0.05) is 6.20 Å². The fraction of sp³-hybridized carbons (Fsp3) is 0.125. The number of sulfonamides is 1. The third-order valence-electron chi connectivity index (χ3n) is 3.64. The molecule has 2 heterocycles. The zero-order valence-electron chi connectivity index (χ0n) is 13.8. The number of nitrogens with zero attached hydrogens (tertiary/aromatic N) is 2. The van der Waals surface area contributed by atoms with Crippen LogP contribution in [-0.2, 0) is 14.8 Å². The van der Waals surface area contributed by atoms with Crippen molar-refractivity contribution >= 4 is 88.4 Å². The van der Waals surface area contributed by atoms with Gasteiger partial charge in [-0.1, -0.05) is 52.9 Å². The molecule has 2 aromatic heterocycles. The molecule has 0 spiro atoms. The quantitative estimate of drug-likeness (QED) is 0.216. The number of halogens is 3. The van der Waals surface area contributed by atoms with Crippen molar-refractivity contribution in [1.82, 2.24) is 14.5 Å². The van der Waals surface area contributed by atoms with E-state index < -0.39 is 23.5 Å². The third kappa shape index (κ3) is 4.61. The van der Waals surface area contributed by atoms with Crippen LogP contribution in [0.2, 0.25) is 0 Å². The van der Waals surface area contributed by atoms with E-state index in [0.717, 1.165) is 15.8 Å². The first-order valence-corrected chi connectivity index (χ1v) is 13.0. The minimum atomic E-state index is -4.07. The molecule has 0 unspecified atom stereocenters. The van der Waals surface area contributed by atoms with Crippen LogP contribution < -0.4 is 4.72 Å². The first kappa shape index (κ1) is 22.1. The van der Waals surface area contributed by atoms with Gasteiger partial charge in [0.05, 0.1) is 14.6 Å². The summed E-state index contributed by atoms with van der Waals surface area (Å²) in [6.45, 7) is 0. The number of benzene rings is 1. The van der Waals surface area contributed by atoms with E-state index in [-0.39, 0.29) is 4.21 Å². The highest BCUT2D eigenvalue weighted by Gasteiger charge is 2.47. The number of nitrogens with one attached hydrogen (secondary N) is 1. The highest BCUT2D eigenvalue weighted by atomic mass is 127. The monoisotopic (exact) mass is 707 g/mol. The fourth-order valence-electron chi connectivity index (χ4n) is 2.30. The summed E-state index contributed by atoms with van der Waals surface area (Å²) in [6, 6.07) is 12.0. The van der Waals surface area contributed by atoms with Crippen LogP contribution in [0.5, 0.6) is 0 Å². The van der Waals surface area contributed by atoms with Gasteiger partial charge >= 0.3 is 5.97 Å². The van der Waals surface area contributed by atoms with Crippen LogP contribution in [0, 0.1) is 0 Å². The summed E-state index contributed by atoms with van der Waals surface area (Å²) in [5.41, 5.74) is 0.704. The van der Waals surface area contributed by atoms with Crippen LogP contribution in [0.25, 0.3) is 5.00 Å². The van der Waals surface area contributed by atoms with E-state index in [2.05, 4.69) is 25.8 Å². The summed E-state index contributed by atoms with van der Waals surface area (Å²) < 4.78 is 28.1. The summed E-state index contributed by atoms with van der Waals surface area (Å²) in [5, 5.41) is 14.5. The Bertz CT molecular complexity index is 1100. The number of aromatic nitrogens is 2. The van der Waals surface area contributed by atoms with Crippen molar-refractivity contribution in [2.75, 3.05) is 0 Å². The molecule has 0 saturated carbocycles. The van der Waals surface area contributed by atoms with Crippen LogP contribution in [0.3, 0.4) is 0 Å². The summed E-state index contributed by atoms with van der Waals surface area (Å²) >= 11 is 7.89. The van der Waals surface area contributed by atoms with Crippen molar-refractivity contribution in [1.29, 1.82) is 0 Å². The van der Waals surface area contributed by atoms with Gasteiger partial charge in [0.25, 0.3) is 10.0 Å². The van der Waals surface area contributed by atoms with E-state index in [4.69, 9.17) is 0 Å². The third-order valence-corrected chi connectivity index (χ3v) is 11.7. The van der Waals surface area contributed by atoms with Crippen molar-refractivity contribution < 1.29 is 18.3 Å². The van der Waals surface area contributed by atoms with E-state index in [1.54, 1.807) is 65.3 Å².